The van der Waals surface area contributed by atoms with E-state index < -0.39 is 17.9 Å². The van der Waals surface area contributed by atoms with Crippen LogP contribution < -0.4 is 25.1 Å². The number of hydrogen-bond donors (Lipinski definition) is 2. The number of para-hydroxylation sites is 2. The number of fused-ring (bicyclic) bond motifs is 1. The van der Waals surface area contributed by atoms with E-state index in [1.807, 2.05) is 0 Å². The lowest BCUT2D eigenvalue weighted by molar-refractivity contribution is -0.135. The average molecular weight is 397 g/mol. The molecule has 2 amide bonds. The van der Waals surface area contributed by atoms with Crippen LogP contribution in [0, 0.1) is 0 Å². The predicted molar refractivity (Wildman–Crippen MR) is 94.6 cm³/mol. The van der Waals surface area contributed by atoms with Crippen LogP contribution in [0.3, 0.4) is 0 Å². The monoisotopic (exact) mass is 396 g/mol. The van der Waals surface area contributed by atoms with Crippen LogP contribution >= 0.6 is 23.2 Å². The van der Waals surface area contributed by atoms with E-state index in [-0.39, 0.29) is 13.2 Å². The molecule has 2 aromatic carbocycles. The van der Waals surface area contributed by atoms with Crippen molar-refractivity contribution in [1.82, 2.24) is 10.9 Å². The van der Waals surface area contributed by atoms with Crippen molar-refractivity contribution >= 4 is 35.0 Å². The summed E-state index contributed by atoms with van der Waals surface area (Å²) in [6, 6.07) is 11.6. The molecule has 0 radical (unpaired) electrons. The van der Waals surface area contributed by atoms with E-state index in [2.05, 4.69) is 10.9 Å². The van der Waals surface area contributed by atoms with Crippen molar-refractivity contribution in [3.63, 3.8) is 0 Å². The fraction of sp³-hybridized carbons (Fsp3) is 0.176. The highest BCUT2D eigenvalue weighted by Gasteiger charge is 2.27. The number of carbonyl (C=O) groups is 2. The molecule has 0 saturated carbocycles. The van der Waals surface area contributed by atoms with E-state index in [0.717, 1.165) is 0 Å². The van der Waals surface area contributed by atoms with Gasteiger partial charge in [0.1, 0.15) is 12.4 Å². The lowest BCUT2D eigenvalue weighted by Crippen LogP contribution is -2.51. The second-order valence-corrected chi connectivity index (χ2v) is 6.08. The first kappa shape index (κ1) is 18.2. The molecule has 0 saturated heterocycles. The number of amides is 2. The van der Waals surface area contributed by atoms with Gasteiger partial charge in [0.25, 0.3) is 11.8 Å². The summed E-state index contributed by atoms with van der Waals surface area (Å²) >= 11 is 11.7. The molecule has 1 heterocycles. The molecule has 136 valence electrons. The van der Waals surface area contributed by atoms with E-state index in [0.29, 0.717) is 27.3 Å². The number of hydrogen-bond acceptors (Lipinski definition) is 5. The molecule has 1 aliphatic rings. The molecular weight excluding hydrogens is 383 g/mol. The van der Waals surface area contributed by atoms with E-state index in [4.69, 9.17) is 37.4 Å². The van der Waals surface area contributed by atoms with Crippen LogP contribution in [0.4, 0.5) is 0 Å². The molecule has 0 spiro atoms. The molecule has 0 aliphatic carbocycles. The van der Waals surface area contributed by atoms with Crippen LogP contribution in [0.2, 0.25) is 10.0 Å². The van der Waals surface area contributed by atoms with Crippen LogP contribution in [-0.2, 0) is 9.59 Å². The van der Waals surface area contributed by atoms with E-state index in [1.165, 1.54) is 6.07 Å². The number of nitrogens with one attached hydrogen (secondary N) is 2. The number of hydrazine groups is 1. The number of halogens is 2. The zero-order valence-electron chi connectivity index (χ0n) is 13.3. The second kappa shape index (κ2) is 8.16. The number of benzene rings is 2. The first-order chi connectivity index (χ1) is 12.5. The molecule has 0 unspecified atom stereocenters. The lowest BCUT2D eigenvalue weighted by Gasteiger charge is -2.25. The largest absolute Gasteiger partial charge is 0.485 e. The van der Waals surface area contributed by atoms with Crippen LogP contribution in [0.25, 0.3) is 0 Å². The SMILES string of the molecule is O=C(COc1ccc(Cl)c(Cl)c1)NNC(=O)[C@H]1COc2ccccc2O1. The first-order valence-corrected chi connectivity index (χ1v) is 8.33. The summed E-state index contributed by atoms with van der Waals surface area (Å²) in [6.45, 7) is -0.276. The Morgan fingerprint density at radius 1 is 1.08 bits per heavy atom. The Bertz CT molecular complexity index is 831. The highest BCUT2D eigenvalue weighted by molar-refractivity contribution is 6.42. The van der Waals surface area contributed by atoms with Crippen molar-refractivity contribution < 1.29 is 23.8 Å². The molecule has 9 heteroatoms. The smallest absolute Gasteiger partial charge is 0.283 e. The fourth-order valence-corrected chi connectivity index (χ4v) is 2.40. The molecule has 1 aliphatic heterocycles. The van der Waals surface area contributed by atoms with E-state index in [9.17, 15) is 9.59 Å². The molecule has 0 aromatic heterocycles. The summed E-state index contributed by atoms with van der Waals surface area (Å²) in [6.07, 6.45) is -0.874. The van der Waals surface area contributed by atoms with Crippen molar-refractivity contribution in [2.75, 3.05) is 13.2 Å². The maximum Gasteiger partial charge on any atom is 0.283 e. The molecule has 1 atom stereocenters. The maximum absolute atomic E-state index is 12.1. The van der Waals surface area contributed by atoms with Crippen LogP contribution in [0.5, 0.6) is 17.2 Å². The van der Waals surface area contributed by atoms with Crippen molar-refractivity contribution in [3.8, 4) is 17.2 Å². The summed E-state index contributed by atoms with van der Waals surface area (Å²) < 4.78 is 16.2. The molecule has 26 heavy (non-hydrogen) atoms. The van der Waals surface area contributed by atoms with Gasteiger partial charge in [0.2, 0.25) is 6.10 Å². The zero-order valence-corrected chi connectivity index (χ0v) is 14.8. The van der Waals surface area contributed by atoms with Crippen LogP contribution in [-0.4, -0.2) is 31.1 Å². The van der Waals surface area contributed by atoms with Gasteiger partial charge in [-0.05, 0) is 24.3 Å². The topological polar surface area (TPSA) is 85.9 Å². The third kappa shape index (κ3) is 4.50. The van der Waals surface area contributed by atoms with Gasteiger partial charge in [-0.25, -0.2) is 0 Å². The molecule has 2 N–H and O–H groups in total. The van der Waals surface area contributed by atoms with Gasteiger partial charge < -0.3 is 14.2 Å². The average Bonchev–Trinajstić information content (AvgIpc) is 2.66. The van der Waals surface area contributed by atoms with Crippen molar-refractivity contribution in [2.24, 2.45) is 0 Å². The van der Waals surface area contributed by atoms with Gasteiger partial charge in [0.15, 0.2) is 18.1 Å². The van der Waals surface area contributed by atoms with Crippen molar-refractivity contribution in [2.45, 2.75) is 6.10 Å². The summed E-state index contributed by atoms with van der Waals surface area (Å²) in [5.74, 6) is 0.314. The predicted octanol–water partition coefficient (Wildman–Crippen LogP) is 2.36. The minimum Gasteiger partial charge on any atom is -0.485 e. The molecule has 2 aromatic rings. The molecule has 0 bridgehead atoms. The summed E-state index contributed by atoms with van der Waals surface area (Å²) in [5, 5.41) is 0.694. The summed E-state index contributed by atoms with van der Waals surface area (Å²) in [7, 11) is 0. The Kier molecular flexibility index (Phi) is 5.70. The quantitative estimate of drug-likeness (QED) is 0.774. The molecule has 3 rings (SSSR count). The van der Waals surface area contributed by atoms with E-state index in [1.54, 1.807) is 36.4 Å². The minimum absolute atomic E-state index is 0.0402. The third-order valence-corrected chi connectivity index (χ3v) is 4.13. The zero-order chi connectivity index (χ0) is 18.5. The van der Waals surface area contributed by atoms with Crippen LogP contribution in [0.15, 0.2) is 42.5 Å². The normalized spacial score (nSPS) is 15.1. The Morgan fingerprint density at radius 2 is 1.85 bits per heavy atom. The van der Waals surface area contributed by atoms with Crippen LogP contribution in [0.1, 0.15) is 0 Å². The van der Waals surface area contributed by atoms with Gasteiger partial charge >= 0.3 is 0 Å². The van der Waals surface area contributed by atoms with Gasteiger partial charge in [-0.2, -0.15) is 0 Å². The van der Waals surface area contributed by atoms with E-state index >= 15 is 0 Å². The minimum atomic E-state index is -0.874. The number of ether oxygens (including phenoxy) is 3. The van der Waals surface area contributed by atoms with Crippen molar-refractivity contribution in [3.05, 3.63) is 52.5 Å². The van der Waals surface area contributed by atoms with Crippen molar-refractivity contribution in [1.29, 1.82) is 0 Å². The highest BCUT2D eigenvalue weighted by atomic mass is 35.5. The Labute approximate surface area is 159 Å². The van der Waals surface area contributed by atoms with Gasteiger partial charge in [-0.15, -0.1) is 0 Å². The maximum atomic E-state index is 12.1. The Balaban J connectivity index is 1.44. The first-order valence-electron chi connectivity index (χ1n) is 7.58. The summed E-state index contributed by atoms with van der Waals surface area (Å²) in [5.41, 5.74) is 4.51. The van der Waals surface area contributed by atoms with Gasteiger partial charge in [0, 0.05) is 6.07 Å². The number of rotatable bonds is 4. The molecule has 7 nitrogen and oxygen atoms in total. The standard InChI is InChI=1S/C17H14Cl2N2O5/c18-11-6-5-10(7-12(11)19)24-9-16(22)20-21-17(23)15-8-25-13-3-1-2-4-14(13)26-15/h1-7,15H,8-9H2,(H,20,22)(H,21,23)/t15-/m1/s1. The van der Waals surface area contributed by atoms with Gasteiger partial charge in [0.05, 0.1) is 10.0 Å². The van der Waals surface area contributed by atoms with Gasteiger partial charge in [-0.3, -0.25) is 20.4 Å². The number of carbonyl (C=O) groups excluding carboxylic acids is 2. The van der Waals surface area contributed by atoms with Gasteiger partial charge in [-0.1, -0.05) is 35.3 Å². The Hall–Kier alpha value is -2.64. The molecule has 0 fully saturated rings. The molecular formula is C17H14Cl2N2O5. The highest BCUT2D eigenvalue weighted by Crippen LogP contribution is 2.30. The Morgan fingerprint density at radius 3 is 2.62 bits per heavy atom. The fourth-order valence-electron chi connectivity index (χ4n) is 2.11. The third-order valence-electron chi connectivity index (χ3n) is 3.39. The summed E-state index contributed by atoms with van der Waals surface area (Å²) in [4.78, 5) is 23.8. The lowest BCUT2D eigenvalue weighted by atomic mass is 10.2. The second-order valence-electron chi connectivity index (χ2n) is 5.27.